The summed E-state index contributed by atoms with van der Waals surface area (Å²) < 4.78 is 2.19. The van der Waals surface area contributed by atoms with Crippen molar-refractivity contribution in [2.45, 2.75) is 38.8 Å². The van der Waals surface area contributed by atoms with Crippen LogP contribution in [0.2, 0.25) is 0 Å². The predicted octanol–water partition coefficient (Wildman–Crippen LogP) is 4.00. The van der Waals surface area contributed by atoms with Gasteiger partial charge in [-0.3, -0.25) is 0 Å². The third kappa shape index (κ3) is 2.96. The molecule has 4 nitrogen and oxygen atoms in total. The molecule has 0 N–H and O–H groups in total. The second-order valence-corrected chi connectivity index (χ2v) is 7.30. The van der Waals surface area contributed by atoms with Crippen molar-refractivity contribution < 1.29 is 0 Å². The van der Waals surface area contributed by atoms with E-state index in [1.165, 1.54) is 15.8 Å². The van der Waals surface area contributed by atoms with E-state index >= 15 is 0 Å². The van der Waals surface area contributed by atoms with Crippen LogP contribution in [-0.4, -0.2) is 25.3 Å². The molecule has 0 bridgehead atoms. The highest BCUT2D eigenvalue weighted by Crippen LogP contribution is 2.34. The summed E-state index contributed by atoms with van der Waals surface area (Å²) in [5.41, 5.74) is 1.32. The Balaban J connectivity index is 1.67. The van der Waals surface area contributed by atoms with Crippen molar-refractivity contribution in [1.82, 2.24) is 19.5 Å². The Labute approximate surface area is 132 Å². The van der Waals surface area contributed by atoms with Gasteiger partial charge in [0.05, 0.1) is 0 Å². The van der Waals surface area contributed by atoms with Gasteiger partial charge < -0.3 is 4.57 Å². The third-order valence-electron chi connectivity index (χ3n) is 3.64. The molecule has 0 unspecified atom stereocenters. The Morgan fingerprint density at radius 3 is 2.81 bits per heavy atom. The molecule has 0 radical (unpaired) electrons. The molecule has 3 rings (SSSR count). The number of hydrogen-bond acceptors (Lipinski definition) is 5. The lowest BCUT2D eigenvalue weighted by molar-refractivity contribution is 0.662. The van der Waals surface area contributed by atoms with Gasteiger partial charge in [-0.1, -0.05) is 0 Å². The van der Waals surface area contributed by atoms with Crippen molar-refractivity contribution >= 4 is 33.3 Å². The summed E-state index contributed by atoms with van der Waals surface area (Å²) in [5, 5.41) is 2.35. The van der Waals surface area contributed by atoms with Gasteiger partial charge in [-0.2, -0.15) is 0 Å². The molecule has 0 atom stereocenters. The SMILES string of the molecule is Cc1sc2ncnc(SCCCn3ccnc3C)c2c1C. The first-order chi connectivity index (χ1) is 10.2. The Morgan fingerprint density at radius 2 is 2.05 bits per heavy atom. The zero-order valence-corrected chi connectivity index (χ0v) is 14.1. The molecule has 0 aliphatic heterocycles. The van der Waals surface area contributed by atoms with E-state index in [9.17, 15) is 0 Å². The highest BCUT2D eigenvalue weighted by Gasteiger charge is 2.12. The highest BCUT2D eigenvalue weighted by atomic mass is 32.2. The maximum absolute atomic E-state index is 4.47. The van der Waals surface area contributed by atoms with Crippen molar-refractivity contribution in [3.05, 3.63) is 35.0 Å². The van der Waals surface area contributed by atoms with Gasteiger partial charge >= 0.3 is 0 Å². The van der Waals surface area contributed by atoms with E-state index in [0.717, 1.165) is 34.4 Å². The molecule has 110 valence electrons. The van der Waals surface area contributed by atoms with Crippen LogP contribution in [-0.2, 0) is 6.54 Å². The van der Waals surface area contributed by atoms with Gasteiger partial charge in [0.25, 0.3) is 0 Å². The van der Waals surface area contributed by atoms with E-state index < -0.39 is 0 Å². The quantitative estimate of drug-likeness (QED) is 0.405. The summed E-state index contributed by atoms with van der Waals surface area (Å²) in [6.07, 6.45) is 6.68. The highest BCUT2D eigenvalue weighted by molar-refractivity contribution is 7.99. The maximum Gasteiger partial charge on any atom is 0.128 e. The van der Waals surface area contributed by atoms with E-state index in [0.29, 0.717) is 0 Å². The summed E-state index contributed by atoms with van der Waals surface area (Å²) in [4.78, 5) is 15.5. The normalized spacial score (nSPS) is 11.4. The first kappa shape index (κ1) is 14.5. The zero-order valence-electron chi connectivity index (χ0n) is 12.5. The van der Waals surface area contributed by atoms with Crippen molar-refractivity contribution in [2.24, 2.45) is 0 Å². The summed E-state index contributed by atoms with van der Waals surface area (Å²) >= 11 is 3.58. The molecule has 0 amide bonds. The van der Waals surface area contributed by atoms with E-state index in [4.69, 9.17) is 0 Å². The fourth-order valence-electron chi connectivity index (χ4n) is 2.30. The van der Waals surface area contributed by atoms with Gasteiger partial charge in [0.15, 0.2) is 0 Å². The standard InChI is InChI=1S/C15H18N4S2/c1-10-11(2)21-15-13(10)14(17-9-18-15)20-8-4-6-19-7-5-16-12(19)3/h5,7,9H,4,6,8H2,1-3H3. The summed E-state index contributed by atoms with van der Waals surface area (Å²) in [6.45, 7) is 7.36. The molecule has 21 heavy (non-hydrogen) atoms. The molecule has 6 heteroatoms. The summed E-state index contributed by atoms with van der Waals surface area (Å²) in [6, 6.07) is 0. The minimum atomic E-state index is 1.01. The number of thiophene rings is 1. The van der Waals surface area contributed by atoms with Crippen LogP contribution in [0, 0.1) is 20.8 Å². The molecule has 3 aromatic heterocycles. The van der Waals surface area contributed by atoms with Crippen molar-refractivity contribution in [3.8, 4) is 0 Å². The summed E-state index contributed by atoms with van der Waals surface area (Å²) in [5.74, 6) is 2.13. The molecule has 0 aromatic carbocycles. The number of rotatable bonds is 5. The number of fused-ring (bicyclic) bond motifs is 1. The van der Waals surface area contributed by atoms with Crippen LogP contribution >= 0.6 is 23.1 Å². The molecule has 0 saturated heterocycles. The minimum Gasteiger partial charge on any atom is -0.335 e. The molecular formula is C15H18N4S2. The third-order valence-corrected chi connectivity index (χ3v) is 5.83. The van der Waals surface area contributed by atoms with Crippen LogP contribution in [0.25, 0.3) is 10.2 Å². The van der Waals surface area contributed by atoms with Gasteiger partial charge in [0.2, 0.25) is 0 Å². The van der Waals surface area contributed by atoms with Crippen LogP contribution in [0.4, 0.5) is 0 Å². The number of hydrogen-bond donors (Lipinski definition) is 0. The molecular weight excluding hydrogens is 300 g/mol. The molecule has 0 fully saturated rings. The van der Waals surface area contributed by atoms with E-state index in [1.54, 1.807) is 17.7 Å². The number of aromatic nitrogens is 4. The zero-order chi connectivity index (χ0) is 14.8. The molecule has 3 heterocycles. The van der Waals surface area contributed by atoms with Gasteiger partial charge in [-0.05, 0) is 32.8 Å². The van der Waals surface area contributed by atoms with Crippen molar-refractivity contribution in [3.63, 3.8) is 0 Å². The average Bonchev–Trinajstić information content (AvgIpc) is 3.00. The Hall–Kier alpha value is -1.40. The monoisotopic (exact) mass is 318 g/mol. The lowest BCUT2D eigenvalue weighted by Gasteiger charge is -2.05. The number of nitrogens with zero attached hydrogens (tertiary/aromatic N) is 4. The maximum atomic E-state index is 4.47. The largest absolute Gasteiger partial charge is 0.335 e. The molecule has 0 aliphatic carbocycles. The fraction of sp³-hybridized carbons (Fsp3) is 0.400. The van der Waals surface area contributed by atoms with Crippen LogP contribution < -0.4 is 0 Å². The minimum absolute atomic E-state index is 1.01. The number of imidazole rings is 1. The van der Waals surface area contributed by atoms with Gasteiger partial charge in [0, 0.05) is 35.0 Å². The van der Waals surface area contributed by atoms with Gasteiger partial charge in [-0.25, -0.2) is 15.0 Å². The Kier molecular flexibility index (Phi) is 4.26. The number of thioether (sulfide) groups is 1. The van der Waals surface area contributed by atoms with Crippen LogP contribution in [0.15, 0.2) is 23.7 Å². The van der Waals surface area contributed by atoms with Crippen molar-refractivity contribution in [1.29, 1.82) is 0 Å². The topological polar surface area (TPSA) is 43.6 Å². The Morgan fingerprint density at radius 1 is 1.19 bits per heavy atom. The van der Waals surface area contributed by atoms with Gasteiger partial charge in [-0.15, -0.1) is 23.1 Å². The van der Waals surface area contributed by atoms with Gasteiger partial charge in [0.1, 0.15) is 22.0 Å². The molecule has 0 spiro atoms. The van der Waals surface area contributed by atoms with Crippen LogP contribution in [0.1, 0.15) is 22.7 Å². The lowest BCUT2D eigenvalue weighted by Crippen LogP contribution is -2.00. The summed E-state index contributed by atoms with van der Waals surface area (Å²) in [7, 11) is 0. The fourth-order valence-corrected chi connectivity index (χ4v) is 4.35. The van der Waals surface area contributed by atoms with Crippen LogP contribution in [0.5, 0.6) is 0 Å². The van der Waals surface area contributed by atoms with E-state index in [2.05, 4.69) is 33.4 Å². The second kappa shape index (κ2) is 6.15. The van der Waals surface area contributed by atoms with Crippen LogP contribution in [0.3, 0.4) is 0 Å². The van der Waals surface area contributed by atoms with Crippen molar-refractivity contribution in [2.75, 3.05) is 5.75 Å². The lowest BCUT2D eigenvalue weighted by atomic mass is 10.2. The average molecular weight is 318 g/mol. The molecule has 0 aliphatic rings. The van der Waals surface area contributed by atoms with E-state index in [-0.39, 0.29) is 0 Å². The molecule has 0 saturated carbocycles. The number of aryl methyl sites for hydroxylation is 4. The smallest absolute Gasteiger partial charge is 0.128 e. The second-order valence-electron chi connectivity index (χ2n) is 5.01. The molecule has 3 aromatic rings. The Bertz CT molecular complexity index is 760. The predicted molar refractivity (Wildman–Crippen MR) is 89.2 cm³/mol. The first-order valence-electron chi connectivity index (χ1n) is 6.98. The van der Waals surface area contributed by atoms with E-state index in [1.807, 2.05) is 31.1 Å². The first-order valence-corrected chi connectivity index (χ1v) is 8.78.